The molecule has 2 N–H and O–H groups in total. The maximum atomic E-state index is 12.6. The number of likely N-dealkylation sites (tertiary alicyclic amines) is 1. The molecule has 26 heavy (non-hydrogen) atoms. The summed E-state index contributed by atoms with van der Waals surface area (Å²) >= 11 is 0. The van der Waals surface area contributed by atoms with Crippen LogP contribution in [0.4, 0.5) is 0 Å². The van der Waals surface area contributed by atoms with Gasteiger partial charge in [-0.2, -0.15) is 5.10 Å². The van der Waals surface area contributed by atoms with Gasteiger partial charge in [-0.25, -0.2) is 4.98 Å². The molecule has 1 amide bonds. The Bertz CT molecular complexity index is 865. The molecule has 1 aliphatic rings. The van der Waals surface area contributed by atoms with Crippen LogP contribution < -0.4 is 0 Å². The Morgan fingerprint density at radius 3 is 2.69 bits per heavy atom. The Morgan fingerprint density at radius 1 is 1.23 bits per heavy atom. The first kappa shape index (κ1) is 16.8. The smallest absolute Gasteiger partial charge is 0.222 e. The second-order valence-corrected chi connectivity index (χ2v) is 7.21. The first-order chi connectivity index (χ1) is 12.6. The fourth-order valence-electron chi connectivity index (χ4n) is 3.90. The van der Waals surface area contributed by atoms with Crippen LogP contribution in [-0.4, -0.2) is 44.1 Å². The highest BCUT2D eigenvalue weighted by Crippen LogP contribution is 2.28. The number of aryl methyl sites for hydroxylation is 2. The van der Waals surface area contributed by atoms with Crippen molar-refractivity contribution in [1.82, 2.24) is 25.1 Å². The Hall–Kier alpha value is -2.63. The van der Waals surface area contributed by atoms with Crippen LogP contribution in [0.5, 0.6) is 0 Å². The number of rotatable bonds is 4. The third-order valence-corrected chi connectivity index (χ3v) is 5.51. The number of aromatic nitrogens is 4. The van der Waals surface area contributed by atoms with Crippen molar-refractivity contribution in [3.05, 3.63) is 47.0 Å². The molecular weight excluding hydrogens is 326 g/mol. The number of hydrogen-bond acceptors (Lipinski definition) is 3. The molecule has 2 aromatic heterocycles. The van der Waals surface area contributed by atoms with Crippen LogP contribution in [0.25, 0.3) is 11.0 Å². The average molecular weight is 351 g/mol. The van der Waals surface area contributed by atoms with Crippen LogP contribution in [0, 0.1) is 13.8 Å². The van der Waals surface area contributed by atoms with Crippen molar-refractivity contribution >= 4 is 16.9 Å². The van der Waals surface area contributed by atoms with E-state index in [1.54, 1.807) is 0 Å². The molecule has 136 valence electrons. The topological polar surface area (TPSA) is 77.7 Å². The number of aromatic amines is 2. The largest absolute Gasteiger partial charge is 0.343 e. The molecule has 0 saturated carbocycles. The fraction of sp³-hybridized carbons (Fsp3) is 0.450. The first-order valence-electron chi connectivity index (χ1n) is 9.34. The first-order valence-corrected chi connectivity index (χ1v) is 9.34. The zero-order valence-electron chi connectivity index (χ0n) is 15.4. The highest BCUT2D eigenvalue weighted by atomic mass is 16.2. The summed E-state index contributed by atoms with van der Waals surface area (Å²) in [4.78, 5) is 22.7. The molecule has 1 aromatic carbocycles. The van der Waals surface area contributed by atoms with Gasteiger partial charge >= 0.3 is 0 Å². The molecule has 0 bridgehead atoms. The lowest BCUT2D eigenvalue weighted by molar-refractivity contribution is -0.132. The van der Waals surface area contributed by atoms with E-state index in [0.717, 1.165) is 60.6 Å². The van der Waals surface area contributed by atoms with E-state index < -0.39 is 0 Å². The van der Waals surface area contributed by atoms with Crippen LogP contribution in [0.3, 0.4) is 0 Å². The summed E-state index contributed by atoms with van der Waals surface area (Å²) in [5, 5.41) is 7.20. The summed E-state index contributed by atoms with van der Waals surface area (Å²) in [6.07, 6.45) is 3.25. The molecule has 0 radical (unpaired) electrons. The number of H-pyrrole nitrogens is 2. The Labute approximate surface area is 153 Å². The Balaban J connectivity index is 1.33. The van der Waals surface area contributed by atoms with Gasteiger partial charge < -0.3 is 9.88 Å². The summed E-state index contributed by atoms with van der Waals surface area (Å²) in [6.45, 7) is 5.62. The van der Waals surface area contributed by atoms with E-state index in [0.29, 0.717) is 12.3 Å². The minimum absolute atomic E-state index is 0.244. The molecule has 6 nitrogen and oxygen atoms in total. The van der Waals surface area contributed by atoms with E-state index in [9.17, 15) is 4.79 Å². The quantitative estimate of drug-likeness (QED) is 0.757. The number of carbonyl (C=O) groups is 1. The highest BCUT2D eigenvalue weighted by Gasteiger charge is 2.25. The number of amides is 1. The van der Waals surface area contributed by atoms with E-state index in [1.165, 1.54) is 5.56 Å². The summed E-state index contributed by atoms with van der Waals surface area (Å²) in [6, 6.07) is 8.13. The number of carbonyl (C=O) groups excluding carboxylic acids is 1. The third-order valence-electron chi connectivity index (χ3n) is 5.51. The molecule has 1 saturated heterocycles. The zero-order valence-corrected chi connectivity index (χ0v) is 15.4. The normalized spacial score (nSPS) is 15.7. The summed E-state index contributed by atoms with van der Waals surface area (Å²) < 4.78 is 0. The van der Waals surface area contributed by atoms with Gasteiger partial charge in [0.05, 0.1) is 16.7 Å². The molecule has 0 spiro atoms. The fourth-order valence-corrected chi connectivity index (χ4v) is 3.90. The van der Waals surface area contributed by atoms with Crippen LogP contribution in [0.2, 0.25) is 0 Å². The molecular formula is C20H25N5O. The Kier molecular flexibility index (Phi) is 4.49. The second kappa shape index (κ2) is 6.94. The van der Waals surface area contributed by atoms with Crippen LogP contribution in [0.1, 0.15) is 48.0 Å². The van der Waals surface area contributed by atoms with Crippen molar-refractivity contribution in [3.63, 3.8) is 0 Å². The molecule has 0 aliphatic carbocycles. The number of fused-ring (bicyclic) bond motifs is 1. The minimum atomic E-state index is 0.244. The molecule has 3 aromatic rings. The molecule has 0 atom stereocenters. The van der Waals surface area contributed by atoms with E-state index in [2.05, 4.69) is 21.2 Å². The van der Waals surface area contributed by atoms with Gasteiger partial charge in [0.15, 0.2) is 0 Å². The maximum Gasteiger partial charge on any atom is 0.222 e. The monoisotopic (exact) mass is 351 g/mol. The lowest BCUT2D eigenvalue weighted by atomic mass is 9.95. The molecule has 1 fully saturated rings. The Morgan fingerprint density at radius 2 is 2.00 bits per heavy atom. The highest BCUT2D eigenvalue weighted by molar-refractivity contribution is 5.77. The van der Waals surface area contributed by atoms with Gasteiger partial charge in [0, 0.05) is 31.1 Å². The zero-order chi connectivity index (χ0) is 18.1. The maximum absolute atomic E-state index is 12.6. The van der Waals surface area contributed by atoms with Crippen LogP contribution >= 0.6 is 0 Å². The van der Waals surface area contributed by atoms with Gasteiger partial charge in [-0.3, -0.25) is 9.89 Å². The number of piperidine rings is 1. The summed E-state index contributed by atoms with van der Waals surface area (Å²) in [5.74, 6) is 1.71. The average Bonchev–Trinajstić information content (AvgIpc) is 3.23. The third kappa shape index (κ3) is 3.23. The number of imidazole rings is 1. The summed E-state index contributed by atoms with van der Waals surface area (Å²) in [5.41, 5.74) is 5.35. The minimum Gasteiger partial charge on any atom is -0.343 e. The van der Waals surface area contributed by atoms with Crippen molar-refractivity contribution in [2.24, 2.45) is 0 Å². The van der Waals surface area contributed by atoms with Crippen LogP contribution in [0.15, 0.2) is 24.3 Å². The number of nitrogens with zero attached hydrogens (tertiary/aromatic N) is 3. The van der Waals surface area contributed by atoms with Gasteiger partial charge in [-0.05, 0) is 50.8 Å². The van der Waals surface area contributed by atoms with Crippen LogP contribution in [-0.2, 0) is 11.2 Å². The molecule has 1 aliphatic heterocycles. The predicted molar refractivity (Wildman–Crippen MR) is 101 cm³/mol. The van der Waals surface area contributed by atoms with Crippen molar-refractivity contribution in [2.45, 2.75) is 45.4 Å². The van der Waals surface area contributed by atoms with Gasteiger partial charge in [0.25, 0.3) is 0 Å². The molecule has 3 heterocycles. The lowest BCUT2D eigenvalue weighted by Crippen LogP contribution is -2.38. The lowest BCUT2D eigenvalue weighted by Gasteiger charge is -2.31. The van der Waals surface area contributed by atoms with Crippen molar-refractivity contribution in [3.8, 4) is 0 Å². The number of para-hydroxylation sites is 2. The SMILES string of the molecule is Cc1n[nH]c(C)c1CCC(=O)N1CCC(c2nc3ccccc3[nH]2)CC1. The molecule has 6 heteroatoms. The standard InChI is InChI=1S/C20H25N5O/c1-13-16(14(2)24-23-13)7-8-19(26)25-11-9-15(10-12-25)20-21-17-5-3-4-6-18(17)22-20/h3-6,15H,7-12H2,1-2H3,(H,21,22)(H,23,24). The van der Waals surface area contributed by atoms with Crippen molar-refractivity contribution in [1.29, 1.82) is 0 Å². The van der Waals surface area contributed by atoms with Crippen molar-refractivity contribution in [2.75, 3.05) is 13.1 Å². The number of nitrogens with one attached hydrogen (secondary N) is 2. The van der Waals surface area contributed by atoms with E-state index in [4.69, 9.17) is 4.98 Å². The summed E-state index contributed by atoms with van der Waals surface area (Å²) in [7, 11) is 0. The number of hydrogen-bond donors (Lipinski definition) is 2. The van der Waals surface area contributed by atoms with E-state index >= 15 is 0 Å². The molecule has 4 rings (SSSR count). The van der Waals surface area contributed by atoms with Gasteiger partial charge in [0.1, 0.15) is 5.82 Å². The van der Waals surface area contributed by atoms with Crippen molar-refractivity contribution < 1.29 is 4.79 Å². The molecule has 0 unspecified atom stereocenters. The second-order valence-electron chi connectivity index (χ2n) is 7.21. The predicted octanol–water partition coefficient (Wildman–Crippen LogP) is 3.24. The van der Waals surface area contributed by atoms with E-state index in [1.807, 2.05) is 36.9 Å². The van der Waals surface area contributed by atoms with Gasteiger partial charge in [-0.15, -0.1) is 0 Å². The van der Waals surface area contributed by atoms with Gasteiger partial charge in [0.2, 0.25) is 5.91 Å². The van der Waals surface area contributed by atoms with E-state index in [-0.39, 0.29) is 5.91 Å². The van der Waals surface area contributed by atoms with Gasteiger partial charge in [-0.1, -0.05) is 12.1 Å². The number of benzene rings is 1.